The van der Waals surface area contributed by atoms with Crippen LogP contribution in [0.1, 0.15) is 160 Å². The van der Waals surface area contributed by atoms with Crippen LogP contribution in [-0.4, -0.2) is 33.9 Å². The molecule has 9 heteroatoms. The van der Waals surface area contributed by atoms with Crippen LogP contribution in [0.2, 0.25) is 0 Å². The number of carbonyl (C=O) groups is 2. The van der Waals surface area contributed by atoms with E-state index in [0.717, 1.165) is 58.3 Å². The maximum Gasteiger partial charge on any atom is 0.343 e. The molecular formula is C56H60N2O6S. The number of hydrogen-bond donors (Lipinski definition) is 0. The van der Waals surface area contributed by atoms with Gasteiger partial charge in [0.15, 0.2) is 0 Å². The lowest BCUT2D eigenvalue weighted by Crippen LogP contribution is -2.08. The monoisotopic (exact) mass is 888 g/mol. The second kappa shape index (κ2) is 27.0. The van der Waals surface area contributed by atoms with E-state index < -0.39 is 11.9 Å². The van der Waals surface area contributed by atoms with E-state index in [1.54, 1.807) is 48.5 Å². The summed E-state index contributed by atoms with van der Waals surface area (Å²) in [6, 6.07) is 32.1. The molecule has 8 nitrogen and oxygen atoms in total. The molecule has 0 aliphatic heterocycles. The fourth-order valence-corrected chi connectivity index (χ4v) is 7.69. The second-order valence-electron chi connectivity index (χ2n) is 16.1. The Bertz CT molecular complexity index is 2330. The van der Waals surface area contributed by atoms with Crippen LogP contribution in [0.25, 0.3) is 11.0 Å². The Hall–Kier alpha value is -6.42. The van der Waals surface area contributed by atoms with Crippen molar-refractivity contribution in [1.29, 1.82) is 0 Å². The highest BCUT2D eigenvalue weighted by molar-refractivity contribution is 7.00. The van der Waals surface area contributed by atoms with Gasteiger partial charge in [0.2, 0.25) is 0 Å². The zero-order chi connectivity index (χ0) is 45.3. The summed E-state index contributed by atoms with van der Waals surface area (Å²) in [5.41, 5.74) is 5.22. The predicted molar refractivity (Wildman–Crippen MR) is 261 cm³/mol. The number of aromatic nitrogens is 2. The normalized spacial score (nSPS) is 10.7. The molecule has 6 rings (SSSR count). The zero-order valence-electron chi connectivity index (χ0n) is 37.9. The summed E-state index contributed by atoms with van der Waals surface area (Å²) in [4.78, 5) is 25.7. The molecule has 0 N–H and O–H groups in total. The van der Waals surface area contributed by atoms with Crippen molar-refractivity contribution >= 4 is 34.7 Å². The van der Waals surface area contributed by atoms with Crippen molar-refractivity contribution in [1.82, 2.24) is 8.75 Å². The Morgan fingerprint density at radius 2 is 0.754 bits per heavy atom. The van der Waals surface area contributed by atoms with Gasteiger partial charge in [-0.3, -0.25) is 0 Å². The van der Waals surface area contributed by atoms with Crippen molar-refractivity contribution in [2.45, 2.75) is 117 Å². The minimum absolute atomic E-state index is 0.427. The molecule has 0 aliphatic rings. The van der Waals surface area contributed by atoms with Crippen molar-refractivity contribution in [3.63, 3.8) is 0 Å². The average Bonchev–Trinajstić information content (AvgIpc) is 3.84. The Labute approximate surface area is 389 Å². The van der Waals surface area contributed by atoms with Gasteiger partial charge in [-0.05, 0) is 122 Å². The number of unbranched alkanes of at least 4 members (excludes halogenated alkanes) is 14. The van der Waals surface area contributed by atoms with Gasteiger partial charge in [0.25, 0.3) is 0 Å². The minimum atomic E-state index is -0.439. The smallest absolute Gasteiger partial charge is 0.343 e. The largest absolute Gasteiger partial charge is 0.494 e. The fraction of sp³-hybridized carbons (Fsp3) is 0.357. The predicted octanol–water partition coefficient (Wildman–Crippen LogP) is 14.0. The molecule has 0 aliphatic carbocycles. The van der Waals surface area contributed by atoms with Gasteiger partial charge in [-0.15, -0.1) is 0 Å². The number of carbonyl (C=O) groups excluding carboxylic acids is 2. The molecule has 0 radical (unpaired) electrons. The maximum absolute atomic E-state index is 12.8. The zero-order valence-corrected chi connectivity index (χ0v) is 38.7. The molecule has 6 aromatic rings. The van der Waals surface area contributed by atoms with Crippen molar-refractivity contribution in [2.24, 2.45) is 0 Å². The highest BCUT2D eigenvalue weighted by Gasteiger charge is 2.12. The van der Waals surface area contributed by atoms with Gasteiger partial charge in [0, 0.05) is 11.1 Å². The first-order valence-corrected chi connectivity index (χ1v) is 24.1. The first-order valence-electron chi connectivity index (χ1n) is 23.4. The molecule has 336 valence electrons. The number of ether oxygens (including phenoxy) is 4. The van der Waals surface area contributed by atoms with Gasteiger partial charge in [-0.25, -0.2) is 9.59 Å². The van der Waals surface area contributed by atoms with Crippen LogP contribution in [-0.2, 0) is 0 Å². The molecule has 0 bridgehead atoms. The number of hydrogen-bond acceptors (Lipinski definition) is 9. The topological polar surface area (TPSA) is 96.8 Å². The molecule has 5 aromatic carbocycles. The Morgan fingerprint density at radius 3 is 1.12 bits per heavy atom. The first-order chi connectivity index (χ1) is 32.0. The third kappa shape index (κ3) is 16.3. The Morgan fingerprint density at radius 1 is 0.415 bits per heavy atom. The summed E-state index contributed by atoms with van der Waals surface area (Å²) >= 11 is 1.11. The lowest BCUT2D eigenvalue weighted by atomic mass is 10.1. The summed E-state index contributed by atoms with van der Waals surface area (Å²) in [5, 5.41) is 0. The van der Waals surface area contributed by atoms with Crippen LogP contribution >= 0.6 is 11.7 Å². The summed E-state index contributed by atoms with van der Waals surface area (Å²) in [6.45, 7) is 5.83. The van der Waals surface area contributed by atoms with Crippen LogP contribution in [0, 0.1) is 23.7 Å². The van der Waals surface area contributed by atoms with Crippen molar-refractivity contribution in [2.75, 3.05) is 13.2 Å². The average molecular weight is 889 g/mol. The molecule has 0 unspecified atom stereocenters. The van der Waals surface area contributed by atoms with E-state index in [0.29, 0.717) is 46.9 Å². The lowest BCUT2D eigenvalue weighted by molar-refractivity contribution is 0.0725. The van der Waals surface area contributed by atoms with Crippen LogP contribution in [0.5, 0.6) is 23.0 Å². The third-order valence-corrected chi connectivity index (χ3v) is 11.5. The van der Waals surface area contributed by atoms with Crippen molar-refractivity contribution in [3.8, 4) is 46.7 Å². The molecule has 0 saturated heterocycles. The minimum Gasteiger partial charge on any atom is -0.494 e. The van der Waals surface area contributed by atoms with Gasteiger partial charge < -0.3 is 18.9 Å². The maximum atomic E-state index is 12.8. The molecule has 0 spiro atoms. The van der Waals surface area contributed by atoms with E-state index in [1.165, 1.54) is 89.9 Å². The highest BCUT2D eigenvalue weighted by Crippen LogP contribution is 2.23. The number of nitrogens with zero attached hydrogens (tertiary/aromatic N) is 2. The molecule has 1 heterocycles. The van der Waals surface area contributed by atoms with E-state index >= 15 is 0 Å². The van der Waals surface area contributed by atoms with Crippen molar-refractivity contribution in [3.05, 3.63) is 143 Å². The summed E-state index contributed by atoms with van der Waals surface area (Å²) in [7, 11) is 0. The van der Waals surface area contributed by atoms with Crippen molar-refractivity contribution < 1.29 is 28.5 Å². The van der Waals surface area contributed by atoms with Gasteiger partial charge in [-0.2, -0.15) is 8.75 Å². The molecule has 0 saturated carbocycles. The molecule has 1 aromatic heterocycles. The summed E-state index contributed by atoms with van der Waals surface area (Å²) in [6.07, 6.45) is 20.0. The van der Waals surface area contributed by atoms with E-state index in [9.17, 15) is 9.59 Å². The lowest BCUT2D eigenvalue weighted by Gasteiger charge is -2.08. The fourth-order valence-electron chi connectivity index (χ4n) is 7.12. The van der Waals surface area contributed by atoms with Crippen LogP contribution in [0.3, 0.4) is 0 Å². The number of fused-ring (bicyclic) bond motifs is 1. The van der Waals surface area contributed by atoms with Crippen LogP contribution in [0.4, 0.5) is 0 Å². The Balaban J connectivity index is 0.938. The molecule has 0 atom stereocenters. The summed E-state index contributed by atoms with van der Waals surface area (Å²) < 4.78 is 32.0. The Kier molecular flexibility index (Phi) is 20.0. The number of esters is 2. The van der Waals surface area contributed by atoms with E-state index in [-0.39, 0.29) is 0 Å². The summed E-state index contributed by atoms with van der Waals surface area (Å²) in [5.74, 6) is 14.3. The molecule has 65 heavy (non-hydrogen) atoms. The van der Waals surface area contributed by atoms with Gasteiger partial charge in [-0.1, -0.05) is 127 Å². The van der Waals surface area contributed by atoms with Gasteiger partial charge in [0.1, 0.15) is 34.0 Å². The van der Waals surface area contributed by atoms with Crippen LogP contribution in [0.15, 0.2) is 109 Å². The quantitative estimate of drug-likeness (QED) is 0.0257. The third-order valence-electron chi connectivity index (χ3n) is 10.9. The van der Waals surface area contributed by atoms with Gasteiger partial charge in [0.05, 0.1) is 47.2 Å². The SMILES string of the molecule is CCCCCCCCCCOc1ccc(C(=O)Oc2ccc(C#Cc3ccc(C#Cc4ccc(OC(=O)c5ccc(OCCCCCCCCCC)cc5)cc4)c4nsnc34)cc2)cc1. The molecule has 0 amide bonds. The van der Waals surface area contributed by atoms with Gasteiger partial charge >= 0.3 is 11.9 Å². The van der Waals surface area contributed by atoms with E-state index in [1.807, 2.05) is 60.7 Å². The van der Waals surface area contributed by atoms with E-state index in [4.69, 9.17) is 18.9 Å². The number of rotatable bonds is 24. The first kappa shape index (κ1) is 48.0. The molecular weight excluding hydrogens is 829 g/mol. The number of benzene rings is 5. The second-order valence-corrected chi connectivity index (χ2v) is 16.7. The highest BCUT2D eigenvalue weighted by atomic mass is 32.1. The standard InChI is InChI=1S/C56H60N2O6S/c1-3-5-7-9-11-13-15-17-41-61-49-37-29-47(30-38-49)55(59)63-51-33-21-43(22-34-51)19-25-45-27-28-46(54-53(45)57-65-58-54)26-20-44-23-35-52(36-24-44)64-56(60)48-31-39-50(40-32-48)62-42-18-16-14-12-10-8-6-4-2/h21-24,27-40H,3-18,41-42H2,1-2H3. The van der Waals surface area contributed by atoms with Crippen LogP contribution < -0.4 is 18.9 Å². The van der Waals surface area contributed by atoms with E-state index in [2.05, 4.69) is 46.3 Å². The molecule has 0 fully saturated rings.